The molecule has 1 aliphatic heterocycles. The lowest BCUT2D eigenvalue weighted by atomic mass is 10.1. The van der Waals surface area contributed by atoms with E-state index >= 15 is 0 Å². The first kappa shape index (κ1) is 16.6. The molecule has 1 aliphatic rings. The smallest absolute Gasteiger partial charge is 0.315 e. The molecule has 0 bridgehead atoms. The van der Waals surface area contributed by atoms with Crippen LogP contribution in [0.1, 0.15) is 38.2 Å². The molecule has 0 aromatic heterocycles. The van der Waals surface area contributed by atoms with Gasteiger partial charge in [-0.1, -0.05) is 25.1 Å². The number of carbonyl (C=O) groups is 1. The van der Waals surface area contributed by atoms with Gasteiger partial charge in [-0.25, -0.2) is 4.79 Å². The quantitative estimate of drug-likeness (QED) is 0.755. The number of urea groups is 1. The summed E-state index contributed by atoms with van der Waals surface area (Å²) < 4.78 is 0. The summed E-state index contributed by atoms with van der Waals surface area (Å²) in [5.41, 5.74) is 2.35. The van der Waals surface area contributed by atoms with Crippen LogP contribution in [0, 0.1) is 0 Å². The third-order valence-electron chi connectivity index (χ3n) is 4.18. The van der Waals surface area contributed by atoms with E-state index < -0.39 is 0 Å². The second-order valence-corrected chi connectivity index (χ2v) is 5.79. The lowest BCUT2D eigenvalue weighted by Crippen LogP contribution is -2.43. The Hall–Kier alpha value is -1.75. The molecule has 1 atom stereocenters. The van der Waals surface area contributed by atoms with Crippen molar-refractivity contribution in [3.63, 3.8) is 0 Å². The standard InChI is InChI=1S/C17H27N3O2/c1-2-15(13-21)19-17(22)18-12-14-8-4-5-9-16(14)20-10-6-3-7-11-20/h4-5,8-9,15,21H,2-3,6-7,10-13H2,1H3,(H2,18,19,22). The number of hydrogen-bond donors (Lipinski definition) is 3. The second kappa shape index (κ2) is 8.63. The lowest BCUT2D eigenvalue weighted by Gasteiger charge is -2.30. The number of nitrogens with one attached hydrogen (secondary N) is 2. The van der Waals surface area contributed by atoms with Gasteiger partial charge in [0.2, 0.25) is 0 Å². The van der Waals surface area contributed by atoms with Gasteiger partial charge in [0.1, 0.15) is 0 Å². The van der Waals surface area contributed by atoms with Gasteiger partial charge in [0.15, 0.2) is 0 Å². The van der Waals surface area contributed by atoms with E-state index in [0.717, 1.165) is 18.7 Å². The van der Waals surface area contributed by atoms with Crippen molar-refractivity contribution in [1.29, 1.82) is 0 Å². The molecule has 5 nitrogen and oxygen atoms in total. The van der Waals surface area contributed by atoms with E-state index in [1.165, 1.54) is 24.9 Å². The zero-order chi connectivity index (χ0) is 15.8. The summed E-state index contributed by atoms with van der Waals surface area (Å²) in [7, 11) is 0. The highest BCUT2D eigenvalue weighted by molar-refractivity contribution is 5.74. The van der Waals surface area contributed by atoms with E-state index in [0.29, 0.717) is 13.0 Å². The van der Waals surface area contributed by atoms with Gasteiger partial charge in [-0.05, 0) is 37.3 Å². The van der Waals surface area contributed by atoms with Crippen LogP contribution in [-0.4, -0.2) is 36.9 Å². The number of aliphatic hydroxyl groups excluding tert-OH is 1. The van der Waals surface area contributed by atoms with Crippen LogP contribution < -0.4 is 15.5 Å². The largest absolute Gasteiger partial charge is 0.394 e. The number of para-hydroxylation sites is 1. The number of anilines is 1. The SMILES string of the molecule is CCC(CO)NC(=O)NCc1ccccc1N1CCCCC1. The number of hydrogen-bond acceptors (Lipinski definition) is 3. The Bertz CT molecular complexity index is 469. The van der Waals surface area contributed by atoms with Crippen molar-refractivity contribution < 1.29 is 9.90 Å². The molecule has 122 valence electrons. The summed E-state index contributed by atoms with van der Waals surface area (Å²) in [6.45, 7) is 4.58. The minimum Gasteiger partial charge on any atom is -0.394 e. The summed E-state index contributed by atoms with van der Waals surface area (Å²) in [5, 5.41) is 14.8. The Morgan fingerprint density at radius 1 is 1.27 bits per heavy atom. The highest BCUT2D eigenvalue weighted by Gasteiger charge is 2.15. The summed E-state index contributed by atoms with van der Waals surface area (Å²) in [6, 6.07) is 7.83. The molecule has 2 amide bonds. The highest BCUT2D eigenvalue weighted by Crippen LogP contribution is 2.23. The fourth-order valence-electron chi connectivity index (χ4n) is 2.79. The maximum absolute atomic E-state index is 11.9. The van der Waals surface area contributed by atoms with Crippen molar-refractivity contribution in [2.45, 2.75) is 45.2 Å². The van der Waals surface area contributed by atoms with Crippen LogP contribution in [0.15, 0.2) is 24.3 Å². The highest BCUT2D eigenvalue weighted by atomic mass is 16.3. The summed E-state index contributed by atoms with van der Waals surface area (Å²) in [4.78, 5) is 14.3. The van der Waals surface area contributed by atoms with Gasteiger partial charge in [0.05, 0.1) is 12.6 Å². The average molecular weight is 305 g/mol. The van der Waals surface area contributed by atoms with Crippen LogP contribution in [0.4, 0.5) is 10.5 Å². The van der Waals surface area contributed by atoms with Crippen molar-refractivity contribution in [3.8, 4) is 0 Å². The van der Waals surface area contributed by atoms with Gasteiger partial charge in [-0.2, -0.15) is 0 Å². The number of benzene rings is 1. The summed E-state index contributed by atoms with van der Waals surface area (Å²) >= 11 is 0. The molecule has 1 aromatic carbocycles. The Balaban J connectivity index is 1.93. The first-order chi connectivity index (χ1) is 10.7. The molecular formula is C17H27N3O2. The van der Waals surface area contributed by atoms with Crippen molar-refractivity contribution in [1.82, 2.24) is 10.6 Å². The fraction of sp³-hybridized carbons (Fsp3) is 0.588. The van der Waals surface area contributed by atoms with E-state index in [4.69, 9.17) is 5.11 Å². The molecule has 0 radical (unpaired) electrons. The molecule has 5 heteroatoms. The van der Waals surface area contributed by atoms with Crippen molar-refractivity contribution in [3.05, 3.63) is 29.8 Å². The van der Waals surface area contributed by atoms with Crippen LogP contribution >= 0.6 is 0 Å². The normalized spacial score (nSPS) is 16.2. The Morgan fingerprint density at radius 2 is 2.00 bits per heavy atom. The minimum absolute atomic E-state index is 0.0334. The number of piperidine rings is 1. The summed E-state index contributed by atoms with van der Waals surface area (Å²) in [5.74, 6) is 0. The molecule has 1 unspecified atom stereocenters. The molecule has 0 saturated carbocycles. The zero-order valence-electron chi connectivity index (χ0n) is 13.3. The molecule has 1 aromatic rings. The van der Waals surface area contributed by atoms with Gasteiger partial charge in [0, 0.05) is 25.3 Å². The molecule has 1 fully saturated rings. The summed E-state index contributed by atoms with van der Waals surface area (Å²) in [6.07, 6.45) is 4.49. The minimum atomic E-state index is -0.227. The molecular weight excluding hydrogens is 278 g/mol. The van der Waals surface area contributed by atoms with Crippen LogP contribution in [0.5, 0.6) is 0 Å². The second-order valence-electron chi connectivity index (χ2n) is 5.79. The predicted molar refractivity (Wildman–Crippen MR) is 89.0 cm³/mol. The number of nitrogens with zero attached hydrogens (tertiary/aromatic N) is 1. The maximum atomic E-state index is 11.9. The molecule has 2 rings (SSSR count). The van der Waals surface area contributed by atoms with E-state index in [-0.39, 0.29) is 18.7 Å². The number of amides is 2. The number of aliphatic hydroxyl groups is 1. The first-order valence-corrected chi connectivity index (χ1v) is 8.22. The average Bonchev–Trinajstić information content (AvgIpc) is 2.59. The molecule has 1 heterocycles. The third-order valence-corrected chi connectivity index (χ3v) is 4.18. The van der Waals surface area contributed by atoms with Gasteiger partial charge >= 0.3 is 6.03 Å². The molecule has 0 spiro atoms. The van der Waals surface area contributed by atoms with E-state index in [1.54, 1.807) is 0 Å². The van der Waals surface area contributed by atoms with Crippen molar-refractivity contribution >= 4 is 11.7 Å². The van der Waals surface area contributed by atoms with E-state index in [1.807, 2.05) is 19.1 Å². The van der Waals surface area contributed by atoms with Gasteiger partial charge < -0.3 is 20.6 Å². The van der Waals surface area contributed by atoms with Gasteiger partial charge in [0.25, 0.3) is 0 Å². The fourth-order valence-corrected chi connectivity index (χ4v) is 2.79. The van der Waals surface area contributed by atoms with Gasteiger partial charge in [-0.3, -0.25) is 0 Å². The Labute approximate surface area is 132 Å². The Kier molecular flexibility index (Phi) is 6.52. The monoisotopic (exact) mass is 305 g/mol. The molecule has 3 N–H and O–H groups in total. The Morgan fingerprint density at radius 3 is 2.68 bits per heavy atom. The molecule has 22 heavy (non-hydrogen) atoms. The van der Waals surface area contributed by atoms with E-state index in [9.17, 15) is 4.79 Å². The first-order valence-electron chi connectivity index (χ1n) is 8.22. The lowest BCUT2D eigenvalue weighted by molar-refractivity contribution is 0.214. The van der Waals surface area contributed by atoms with Crippen LogP contribution in [-0.2, 0) is 6.54 Å². The van der Waals surface area contributed by atoms with Crippen molar-refractivity contribution in [2.24, 2.45) is 0 Å². The zero-order valence-corrected chi connectivity index (χ0v) is 13.3. The third kappa shape index (κ3) is 4.63. The number of rotatable bonds is 6. The van der Waals surface area contributed by atoms with Crippen LogP contribution in [0.25, 0.3) is 0 Å². The van der Waals surface area contributed by atoms with Crippen LogP contribution in [0.2, 0.25) is 0 Å². The maximum Gasteiger partial charge on any atom is 0.315 e. The van der Waals surface area contributed by atoms with Crippen molar-refractivity contribution in [2.75, 3.05) is 24.6 Å². The molecule has 1 saturated heterocycles. The topological polar surface area (TPSA) is 64.6 Å². The molecule has 0 aliphatic carbocycles. The van der Waals surface area contributed by atoms with Crippen LogP contribution in [0.3, 0.4) is 0 Å². The number of carbonyl (C=O) groups excluding carboxylic acids is 1. The van der Waals surface area contributed by atoms with Gasteiger partial charge in [-0.15, -0.1) is 0 Å². The van der Waals surface area contributed by atoms with E-state index in [2.05, 4.69) is 27.7 Å². The predicted octanol–water partition coefficient (Wildman–Crippen LogP) is 2.25.